The lowest BCUT2D eigenvalue weighted by molar-refractivity contribution is 1.29. The number of hydrogen-bond acceptors (Lipinski definition) is 2. The van der Waals surface area contributed by atoms with Crippen LogP contribution in [-0.2, 0) is 0 Å². The van der Waals surface area contributed by atoms with Crippen molar-refractivity contribution >= 4 is 55.7 Å². The minimum absolute atomic E-state index is 1.10. The van der Waals surface area contributed by atoms with Crippen LogP contribution in [0.5, 0.6) is 0 Å². The fourth-order valence-electron chi connectivity index (χ4n) is 8.37. The molecule has 274 valence electrons. The minimum Gasteiger partial charge on any atom is -0.310 e. The highest BCUT2D eigenvalue weighted by Gasteiger charge is 2.22. The van der Waals surface area contributed by atoms with Gasteiger partial charge in [-0.15, -0.1) is 0 Å². The van der Waals surface area contributed by atoms with E-state index < -0.39 is 0 Å². The molecule has 0 spiro atoms. The largest absolute Gasteiger partial charge is 0.310 e. The van der Waals surface area contributed by atoms with E-state index in [-0.39, 0.29) is 0 Å². The number of nitrogens with zero attached hydrogens (tertiary/aromatic N) is 2. The molecule has 0 saturated heterocycles. The second-order valence-corrected chi connectivity index (χ2v) is 14.5. The van der Waals surface area contributed by atoms with Gasteiger partial charge in [0.25, 0.3) is 0 Å². The maximum Gasteiger partial charge on any atom is 0.0468 e. The third-order valence-electron chi connectivity index (χ3n) is 11.0. The first-order valence-electron chi connectivity index (χ1n) is 19.9. The molecule has 10 rings (SSSR count). The van der Waals surface area contributed by atoms with Gasteiger partial charge in [-0.2, -0.15) is 0 Å². The fraction of sp³-hybridized carbons (Fsp3) is 0. The minimum atomic E-state index is 1.10. The van der Waals surface area contributed by atoms with Crippen molar-refractivity contribution in [3.05, 3.63) is 243 Å². The van der Waals surface area contributed by atoms with Crippen molar-refractivity contribution < 1.29 is 0 Å². The van der Waals surface area contributed by atoms with E-state index in [1.165, 1.54) is 54.9 Å². The summed E-state index contributed by atoms with van der Waals surface area (Å²) in [6, 6.07) is 87.3. The van der Waals surface area contributed by atoms with Gasteiger partial charge in [-0.25, -0.2) is 0 Å². The highest BCUT2D eigenvalue weighted by molar-refractivity contribution is 6.22. The first kappa shape index (κ1) is 34.8. The molecule has 0 bridgehead atoms. The first-order valence-corrected chi connectivity index (χ1v) is 19.9. The van der Waals surface area contributed by atoms with Crippen LogP contribution in [0.1, 0.15) is 0 Å². The van der Waals surface area contributed by atoms with Crippen LogP contribution in [0.4, 0.5) is 34.1 Å². The summed E-state index contributed by atoms with van der Waals surface area (Å²) in [5.74, 6) is 0. The molecule has 0 aromatic heterocycles. The average Bonchev–Trinajstić information content (AvgIpc) is 3.30. The maximum atomic E-state index is 2.40. The summed E-state index contributed by atoms with van der Waals surface area (Å²) in [6.45, 7) is 0. The normalized spacial score (nSPS) is 11.1. The Hall–Kier alpha value is -7.68. The molecule has 2 heteroatoms. The number of rotatable bonds is 9. The molecule has 0 unspecified atom stereocenters. The smallest absolute Gasteiger partial charge is 0.0468 e. The van der Waals surface area contributed by atoms with Gasteiger partial charge in [0, 0.05) is 34.1 Å². The zero-order chi connectivity index (χ0) is 38.7. The Bertz CT molecular complexity index is 2870. The summed E-state index contributed by atoms with van der Waals surface area (Å²) in [5, 5.41) is 4.80. The summed E-state index contributed by atoms with van der Waals surface area (Å²) in [7, 11) is 0. The van der Waals surface area contributed by atoms with E-state index >= 15 is 0 Å². The predicted molar refractivity (Wildman–Crippen MR) is 247 cm³/mol. The molecule has 0 fully saturated rings. The van der Waals surface area contributed by atoms with Crippen molar-refractivity contribution in [3.63, 3.8) is 0 Å². The van der Waals surface area contributed by atoms with Gasteiger partial charge in [-0.05, 0) is 128 Å². The quantitative estimate of drug-likeness (QED) is 0.136. The van der Waals surface area contributed by atoms with Crippen LogP contribution in [0, 0.1) is 0 Å². The Labute approximate surface area is 340 Å². The van der Waals surface area contributed by atoms with Gasteiger partial charge in [0.15, 0.2) is 0 Å². The van der Waals surface area contributed by atoms with Gasteiger partial charge < -0.3 is 9.80 Å². The first-order chi connectivity index (χ1) is 28.8. The van der Waals surface area contributed by atoms with Crippen LogP contribution in [0.25, 0.3) is 54.9 Å². The van der Waals surface area contributed by atoms with Gasteiger partial charge >= 0.3 is 0 Å². The van der Waals surface area contributed by atoms with Crippen LogP contribution in [0.3, 0.4) is 0 Å². The van der Waals surface area contributed by atoms with Crippen molar-refractivity contribution in [1.82, 2.24) is 0 Å². The Morgan fingerprint density at radius 1 is 0.190 bits per heavy atom. The van der Waals surface area contributed by atoms with E-state index in [4.69, 9.17) is 0 Å². The maximum absolute atomic E-state index is 2.40. The molecule has 0 amide bonds. The van der Waals surface area contributed by atoms with E-state index in [0.717, 1.165) is 34.1 Å². The lowest BCUT2D eigenvalue weighted by Crippen LogP contribution is -2.10. The molecule has 0 heterocycles. The number of benzene rings is 10. The molecular weight excluding hydrogens is 701 g/mol. The van der Waals surface area contributed by atoms with Gasteiger partial charge in [0.05, 0.1) is 0 Å². The van der Waals surface area contributed by atoms with Gasteiger partial charge in [-0.1, -0.05) is 170 Å². The number of para-hydroxylation sites is 4. The van der Waals surface area contributed by atoms with Gasteiger partial charge in [-0.3, -0.25) is 0 Å². The molecule has 0 atom stereocenters. The molecule has 0 aliphatic rings. The molecule has 0 aliphatic heterocycles. The van der Waals surface area contributed by atoms with E-state index in [1.807, 2.05) is 0 Å². The van der Waals surface area contributed by atoms with E-state index in [0.29, 0.717) is 0 Å². The number of fused-ring (bicyclic) bond motifs is 2. The highest BCUT2D eigenvalue weighted by Crippen LogP contribution is 2.48. The second kappa shape index (κ2) is 15.5. The Balaban J connectivity index is 1.28. The summed E-state index contributed by atoms with van der Waals surface area (Å²) in [5.41, 5.74) is 13.8. The Morgan fingerprint density at radius 3 is 0.828 bits per heavy atom. The zero-order valence-electron chi connectivity index (χ0n) is 32.0. The molecule has 10 aromatic carbocycles. The molecule has 2 nitrogen and oxygen atoms in total. The van der Waals surface area contributed by atoms with Crippen molar-refractivity contribution in [3.8, 4) is 33.4 Å². The monoisotopic (exact) mass is 740 g/mol. The van der Waals surface area contributed by atoms with Crippen LogP contribution in [-0.4, -0.2) is 0 Å². The van der Waals surface area contributed by atoms with E-state index in [9.17, 15) is 0 Å². The standard InChI is InChI=1S/C56H40N2/c1-7-19-41(20-8-1)42-31-33-44(34-32-42)56-52-38-36-49(57(45-23-11-3-12-24-45)46-25-13-4-14-26-46)39-53(52)55(43-21-9-2-10-22-43)51-37-35-50(40-54(51)56)58(47-27-15-5-16-28-47)48-29-17-6-18-30-48/h1-40H. The summed E-state index contributed by atoms with van der Waals surface area (Å²) >= 11 is 0. The topological polar surface area (TPSA) is 6.48 Å². The van der Waals surface area contributed by atoms with Gasteiger partial charge in [0.2, 0.25) is 0 Å². The third kappa shape index (κ3) is 6.57. The van der Waals surface area contributed by atoms with Crippen molar-refractivity contribution in [2.24, 2.45) is 0 Å². The van der Waals surface area contributed by atoms with Crippen LogP contribution in [0.15, 0.2) is 243 Å². The lowest BCUT2D eigenvalue weighted by Gasteiger charge is -2.28. The Kier molecular flexibility index (Phi) is 9.27. The molecule has 10 aromatic rings. The van der Waals surface area contributed by atoms with Crippen molar-refractivity contribution in [2.45, 2.75) is 0 Å². The lowest BCUT2D eigenvalue weighted by atomic mass is 9.85. The molecule has 0 aliphatic carbocycles. The summed E-state index contributed by atoms with van der Waals surface area (Å²) < 4.78 is 0. The van der Waals surface area contributed by atoms with Crippen molar-refractivity contribution in [1.29, 1.82) is 0 Å². The van der Waals surface area contributed by atoms with Crippen LogP contribution >= 0.6 is 0 Å². The molecule has 58 heavy (non-hydrogen) atoms. The molecule has 0 saturated carbocycles. The molecule has 0 radical (unpaired) electrons. The summed E-state index contributed by atoms with van der Waals surface area (Å²) in [6.07, 6.45) is 0. The predicted octanol–water partition coefficient (Wildman–Crippen LogP) is 15.9. The van der Waals surface area contributed by atoms with Crippen LogP contribution < -0.4 is 9.80 Å². The molecule has 0 N–H and O–H groups in total. The van der Waals surface area contributed by atoms with E-state index in [1.54, 1.807) is 0 Å². The van der Waals surface area contributed by atoms with E-state index in [2.05, 4.69) is 252 Å². The van der Waals surface area contributed by atoms with Crippen LogP contribution in [0.2, 0.25) is 0 Å². The summed E-state index contributed by atoms with van der Waals surface area (Å²) in [4.78, 5) is 4.71. The molecular formula is C56H40N2. The third-order valence-corrected chi connectivity index (χ3v) is 11.0. The zero-order valence-corrected chi connectivity index (χ0v) is 32.0. The Morgan fingerprint density at radius 2 is 0.466 bits per heavy atom. The SMILES string of the molecule is c1ccc(-c2ccc(-c3c4ccc(N(c5ccccc5)c5ccccc5)cc4c(-c4ccccc4)c4ccc(N(c5ccccc5)c5ccccc5)cc34)cc2)cc1. The van der Waals surface area contributed by atoms with Crippen molar-refractivity contribution in [2.75, 3.05) is 9.80 Å². The van der Waals surface area contributed by atoms with Gasteiger partial charge in [0.1, 0.15) is 0 Å². The fourth-order valence-corrected chi connectivity index (χ4v) is 8.37. The highest BCUT2D eigenvalue weighted by atomic mass is 15.1. The number of hydrogen-bond donors (Lipinski definition) is 0. The average molecular weight is 741 g/mol. The number of anilines is 6. The second-order valence-electron chi connectivity index (χ2n) is 14.5.